The zero-order valence-corrected chi connectivity index (χ0v) is 23.5. The summed E-state index contributed by atoms with van der Waals surface area (Å²) in [6.45, 7) is 3.47. The van der Waals surface area contributed by atoms with E-state index >= 15 is 0 Å². The Hall–Kier alpha value is -4.71. The molecule has 3 aromatic rings. The highest BCUT2D eigenvalue weighted by atomic mass is 16.4. The van der Waals surface area contributed by atoms with Gasteiger partial charge in [0, 0.05) is 23.5 Å². The van der Waals surface area contributed by atoms with Gasteiger partial charge >= 0.3 is 11.9 Å². The van der Waals surface area contributed by atoms with Gasteiger partial charge in [-0.1, -0.05) is 68.8 Å². The number of para-hydroxylation sites is 1. The van der Waals surface area contributed by atoms with E-state index in [1.807, 2.05) is 24.3 Å². The van der Waals surface area contributed by atoms with E-state index in [0.29, 0.717) is 12.0 Å². The lowest BCUT2D eigenvalue weighted by atomic mass is 9.98. The zero-order chi connectivity index (χ0) is 30.8. The average Bonchev–Trinajstić information content (AvgIpc) is 3.37. The van der Waals surface area contributed by atoms with Crippen molar-refractivity contribution in [2.24, 2.45) is 11.7 Å². The Morgan fingerprint density at radius 1 is 0.833 bits per heavy atom. The number of hydrogen-bond donors (Lipinski definition) is 7. The highest BCUT2D eigenvalue weighted by molar-refractivity contribution is 5.96. The maximum absolute atomic E-state index is 13.3. The number of nitrogens with one attached hydrogen (secondary N) is 4. The third-order valence-electron chi connectivity index (χ3n) is 7.16. The second-order valence-corrected chi connectivity index (χ2v) is 10.3. The van der Waals surface area contributed by atoms with E-state index < -0.39 is 66.2 Å². The number of nitrogens with two attached hydrogens (primary N) is 1. The molecule has 5 unspecified atom stereocenters. The van der Waals surface area contributed by atoms with Crippen molar-refractivity contribution in [1.29, 1.82) is 0 Å². The SMILES string of the molecule is CCC(C)C(NC(=O)C(Cc1ccccc1)NC(=O)C(CC(=O)O)NC(=O)C(N)Cc1c[nH]c2ccccc12)C(=O)O. The van der Waals surface area contributed by atoms with Gasteiger partial charge in [-0.2, -0.15) is 0 Å². The first-order chi connectivity index (χ1) is 20.0. The summed E-state index contributed by atoms with van der Waals surface area (Å²) in [4.78, 5) is 66.1. The molecule has 12 nitrogen and oxygen atoms in total. The molecule has 1 aromatic heterocycles. The van der Waals surface area contributed by atoms with Crippen LogP contribution in [0.4, 0.5) is 0 Å². The second-order valence-electron chi connectivity index (χ2n) is 10.3. The van der Waals surface area contributed by atoms with Gasteiger partial charge < -0.3 is 36.9 Å². The minimum absolute atomic E-state index is 0.000919. The number of amides is 3. The van der Waals surface area contributed by atoms with Gasteiger partial charge in [0.15, 0.2) is 0 Å². The highest BCUT2D eigenvalue weighted by Crippen LogP contribution is 2.19. The molecule has 3 amide bonds. The summed E-state index contributed by atoms with van der Waals surface area (Å²) in [6, 6.07) is 11.1. The van der Waals surface area contributed by atoms with Crippen molar-refractivity contribution in [3.63, 3.8) is 0 Å². The molecule has 0 radical (unpaired) electrons. The summed E-state index contributed by atoms with van der Waals surface area (Å²) in [6.07, 6.45) is 1.58. The zero-order valence-electron chi connectivity index (χ0n) is 23.5. The topological polar surface area (TPSA) is 204 Å². The van der Waals surface area contributed by atoms with Crippen LogP contribution in [0.5, 0.6) is 0 Å². The summed E-state index contributed by atoms with van der Waals surface area (Å²) in [5.74, 6) is -5.38. The minimum atomic E-state index is -1.54. The van der Waals surface area contributed by atoms with Crippen LogP contribution >= 0.6 is 0 Å². The van der Waals surface area contributed by atoms with E-state index in [-0.39, 0.29) is 12.8 Å². The van der Waals surface area contributed by atoms with E-state index in [4.69, 9.17) is 5.73 Å². The first-order valence-corrected chi connectivity index (χ1v) is 13.7. The Balaban J connectivity index is 1.77. The first-order valence-electron chi connectivity index (χ1n) is 13.7. The molecular formula is C30H37N5O7. The Morgan fingerprint density at radius 2 is 1.45 bits per heavy atom. The predicted octanol–water partition coefficient (Wildman–Crippen LogP) is 1.34. The maximum Gasteiger partial charge on any atom is 0.326 e. The molecule has 0 saturated heterocycles. The fraction of sp³-hybridized carbons (Fsp3) is 0.367. The van der Waals surface area contributed by atoms with E-state index in [9.17, 15) is 34.2 Å². The van der Waals surface area contributed by atoms with Gasteiger partial charge in [0.25, 0.3) is 0 Å². The van der Waals surface area contributed by atoms with Crippen LogP contribution in [0.2, 0.25) is 0 Å². The highest BCUT2D eigenvalue weighted by Gasteiger charge is 2.33. The van der Waals surface area contributed by atoms with Crippen molar-refractivity contribution in [2.75, 3.05) is 0 Å². The Labute approximate surface area is 243 Å². The van der Waals surface area contributed by atoms with Gasteiger partial charge in [-0.25, -0.2) is 4.79 Å². The molecule has 8 N–H and O–H groups in total. The number of carboxylic acid groups (broad SMARTS) is 2. The number of H-pyrrole nitrogens is 1. The molecule has 0 aliphatic heterocycles. The van der Waals surface area contributed by atoms with E-state index in [1.54, 1.807) is 50.4 Å². The van der Waals surface area contributed by atoms with Crippen LogP contribution in [0, 0.1) is 5.92 Å². The van der Waals surface area contributed by atoms with Crippen LogP contribution in [0.1, 0.15) is 37.8 Å². The standard InChI is InChI=1S/C30H37N5O7/c1-3-17(2)26(30(41)42)35-29(40)23(13-18-9-5-4-6-10-18)34-28(39)24(15-25(36)37)33-27(38)21(31)14-19-16-32-22-12-8-7-11-20(19)22/h4-12,16-17,21,23-24,26,32H,3,13-15,31H2,1-2H3,(H,33,38)(H,34,39)(H,35,40)(H,36,37)(H,41,42). The molecule has 5 atom stereocenters. The maximum atomic E-state index is 13.3. The van der Waals surface area contributed by atoms with Crippen molar-refractivity contribution in [3.8, 4) is 0 Å². The normalized spacial score (nSPS) is 14.6. The number of hydrogen-bond acceptors (Lipinski definition) is 6. The molecule has 0 aliphatic rings. The number of benzene rings is 2. The van der Waals surface area contributed by atoms with Crippen molar-refractivity contribution in [3.05, 3.63) is 71.9 Å². The molecule has 12 heteroatoms. The molecular weight excluding hydrogens is 542 g/mol. The summed E-state index contributed by atoms with van der Waals surface area (Å²) < 4.78 is 0. The fourth-order valence-electron chi connectivity index (χ4n) is 4.56. The summed E-state index contributed by atoms with van der Waals surface area (Å²) in [5, 5.41) is 27.4. The molecule has 0 fully saturated rings. The van der Waals surface area contributed by atoms with Crippen LogP contribution in [0.3, 0.4) is 0 Å². The molecule has 0 bridgehead atoms. The number of carbonyl (C=O) groups is 5. The number of aromatic nitrogens is 1. The molecule has 2 aromatic carbocycles. The van der Waals surface area contributed by atoms with Crippen LogP contribution in [0.15, 0.2) is 60.8 Å². The monoisotopic (exact) mass is 579 g/mol. The molecule has 3 rings (SSSR count). The van der Waals surface area contributed by atoms with Gasteiger partial charge in [0.1, 0.15) is 18.1 Å². The van der Waals surface area contributed by atoms with E-state index in [2.05, 4.69) is 20.9 Å². The van der Waals surface area contributed by atoms with Crippen molar-refractivity contribution in [1.82, 2.24) is 20.9 Å². The third-order valence-corrected chi connectivity index (χ3v) is 7.16. The molecule has 1 heterocycles. The van der Waals surface area contributed by atoms with E-state index in [0.717, 1.165) is 16.5 Å². The van der Waals surface area contributed by atoms with Gasteiger partial charge in [-0.05, 0) is 29.5 Å². The van der Waals surface area contributed by atoms with Crippen molar-refractivity contribution < 1.29 is 34.2 Å². The van der Waals surface area contributed by atoms with Gasteiger partial charge in [-0.15, -0.1) is 0 Å². The molecule has 42 heavy (non-hydrogen) atoms. The second kappa shape index (κ2) is 14.8. The third kappa shape index (κ3) is 8.64. The smallest absolute Gasteiger partial charge is 0.326 e. The van der Waals surface area contributed by atoms with E-state index in [1.165, 1.54) is 0 Å². The Bertz CT molecular complexity index is 1410. The molecule has 0 saturated carbocycles. The number of aromatic amines is 1. The Morgan fingerprint density at radius 3 is 2.10 bits per heavy atom. The van der Waals surface area contributed by atoms with Crippen molar-refractivity contribution >= 4 is 40.6 Å². The molecule has 0 aliphatic carbocycles. The minimum Gasteiger partial charge on any atom is -0.481 e. The fourth-order valence-corrected chi connectivity index (χ4v) is 4.56. The van der Waals surface area contributed by atoms with Gasteiger partial charge in [0.2, 0.25) is 17.7 Å². The first kappa shape index (κ1) is 31.8. The largest absolute Gasteiger partial charge is 0.481 e. The molecule has 0 spiro atoms. The quantitative estimate of drug-likeness (QED) is 0.140. The summed E-state index contributed by atoms with van der Waals surface area (Å²) in [7, 11) is 0. The number of aliphatic carboxylic acids is 2. The molecule has 224 valence electrons. The predicted molar refractivity (Wildman–Crippen MR) is 155 cm³/mol. The van der Waals surface area contributed by atoms with Crippen LogP contribution in [0.25, 0.3) is 10.9 Å². The number of rotatable bonds is 15. The lowest BCUT2D eigenvalue weighted by Gasteiger charge is -2.26. The summed E-state index contributed by atoms with van der Waals surface area (Å²) in [5.41, 5.74) is 8.45. The van der Waals surface area contributed by atoms with Crippen molar-refractivity contribution in [2.45, 2.75) is 63.7 Å². The van der Waals surface area contributed by atoms with Crippen LogP contribution in [-0.2, 0) is 36.8 Å². The lowest BCUT2D eigenvalue weighted by molar-refractivity contribution is -0.144. The summed E-state index contributed by atoms with van der Waals surface area (Å²) >= 11 is 0. The Kier molecular flexibility index (Phi) is 11.2. The number of fused-ring (bicyclic) bond motifs is 1. The average molecular weight is 580 g/mol. The number of carbonyl (C=O) groups excluding carboxylic acids is 3. The van der Waals surface area contributed by atoms with Crippen LogP contribution in [-0.4, -0.2) is 69.0 Å². The number of carboxylic acids is 2. The lowest BCUT2D eigenvalue weighted by Crippen LogP contribution is -2.58. The van der Waals surface area contributed by atoms with Crippen LogP contribution < -0.4 is 21.7 Å². The van der Waals surface area contributed by atoms with Gasteiger partial charge in [-0.3, -0.25) is 19.2 Å². The van der Waals surface area contributed by atoms with Gasteiger partial charge in [0.05, 0.1) is 12.5 Å².